The van der Waals surface area contributed by atoms with E-state index < -0.39 is 17.9 Å². The second-order valence-electron chi connectivity index (χ2n) is 6.00. The van der Waals surface area contributed by atoms with Crippen molar-refractivity contribution in [2.24, 2.45) is 0 Å². The number of hydrogen-bond acceptors (Lipinski definition) is 4. The van der Waals surface area contributed by atoms with Crippen LogP contribution in [0.3, 0.4) is 0 Å². The van der Waals surface area contributed by atoms with Crippen LogP contribution in [0.15, 0.2) is 53.0 Å². The van der Waals surface area contributed by atoms with Gasteiger partial charge in [-0.1, -0.05) is 51.8 Å². The van der Waals surface area contributed by atoms with Gasteiger partial charge in [-0.25, -0.2) is 0 Å². The lowest BCUT2D eigenvalue weighted by Gasteiger charge is -2.18. The summed E-state index contributed by atoms with van der Waals surface area (Å²) >= 11 is 3.30. The quantitative estimate of drug-likeness (QED) is 0.658. The molecule has 0 heterocycles. The van der Waals surface area contributed by atoms with Crippen LogP contribution in [-0.2, 0) is 14.3 Å². The number of aryl methyl sites for hydroxylation is 1. The van der Waals surface area contributed by atoms with Crippen molar-refractivity contribution in [2.75, 3.05) is 13.7 Å². The van der Waals surface area contributed by atoms with Gasteiger partial charge in [-0.05, 0) is 30.7 Å². The van der Waals surface area contributed by atoms with Crippen molar-refractivity contribution in [2.45, 2.75) is 19.4 Å². The zero-order chi connectivity index (χ0) is 19.8. The molecule has 0 spiro atoms. The molecule has 0 aromatic heterocycles. The highest BCUT2D eigenvalue weighted by Gasteiger charge is 2.19. The van der Waals surface area contributed by atoms with E-state index in [-0.39, 0.29) is 18.9 Å². The molecule has 0 fully saturated rings. The first-order chi connectivity index (χ1) is 12.9. The molecule has 1 atom stereocenters. The Balaban J connectivity index is 1.99. The zero-order valence-electron chi connectivity index (χ0n) is 15.1. The highest BCUT2D eigenvalue weighted by molar-refractivity contribution is 9.10. The summed E-state index contributed by atoms with van der Waals surface area (Å²) in [7, 11) is 1.30. The topological polar surface area (TPSA) is 84.5 Å². The minimum atomic E-state index is -0.534. The van der Waals surface area contributed by atoms with Crippen molar-refractivity contribution >= 4 is 33.7 Å². The molecule has 7 heteroatoms. The molecule has 2 aromatic carbocycles. The van der Waals surface area contributed by atoms with E-state index in [1.165, 1.54) is 7.11 Å². The monoisotopic (exact) mass is 432 g/mol. The second kappa shape index (κ2) is 9.87. The second-order valence-corrected chi connectivity index (χ2v) is 6.92. The normalized spacial score (nSPS) is 11.4. The minimum Gasteiger partial charge on any atom is -0.469 e. The smallest absolute Gasteiger partial charge is 0.307 e. The van der Waals surface area contributed by atoms with Crippen molar-refractivity contribution in [3.63, 3.8) is 0 Å². The molecular weight excluding hydrogens is 412 g/mol. The van der Waals surface area contributed by atoms with E-state index in [0.717, 1.165) is 15.6 Å². The average Bonchev–Trinajstić information content (AvgIpc) is 2.66. The van der Waals surface area contributed by atoms with Gasteiger partial charge >= 0.3 is 5.97 Å². The summed E-state index contributed by atoms with van der Waals surface area (Å²) in [6.45, 7) is 1.75. The fraction of sp³-hybridized carbons (Fsp3) is 0.250. The van der Waals surface area contributed by atoms with Gasteiger partial charge in [-0.2, -0.15) is 0 Å². The Bertz CT molecular complexity index is 821. The van der Waals surface area contributed by atoms with Crippen LogP contribution in [0.25, 0.3) is 0 Å². The summed E-state index contributed by atoms with van der Waals surface area (Å²) in [4.78, 5) is 36.1. The van der Waals surface area contributed by atoms with Crippen molar-refractivity contribution in [3.8, 4) is 0 Å². The van der Waals surface area contributed by atoms with Gasteiger partial charge in [0.05, 0.1) is 26.1 Å². The molecular formula is C20H21BrN2O4. The number of halogens is 1. The fourth-order valence-corrected chi connectivity index (χ4v) is 2.84. The van der Waals surface area contributed by atoms with E-state index in [4.69, 9.17) is 4.74 Å². The van der Waals surface area contributed by atoms with Gasteiger partial charge in [0.1, 0.15) is 0 Å². The Morgan fingerprint density at radius 3 is 2.44 bits per heavy atom. The number of hydrogen-bond donors (Lipinski definition) is 2. The Morgan fingerprint density at radius 1 is 1.11 bits per heavy atom. The number of methoxy groups -OCH3 is 1. The van der Waals surface area contributed by atoms with E-state index in [9.17, 15) is 14.4 Å². The van der Waals surface area contributed by atoms with Crippen LogP contribution in [0.1, 0.15) is 33.9 Å². The molecule has 142 valence electrons. The molecule has 0 saturated heterocycles. The maximum atomic E-state index is 12.3. The van der Waals surface area contributed by atoms with Crippen LogP contribution in [0.4, 0.5) is 0 Å². The van der Waals surface area contributed by atoms with Gasteiger partial charge in [0.25, 0.3) is 5.91 Å². The molecule has 0 bridgehead atoms. The molecule has 2 amide bonds. The molecule has 0 aliphatic heterocycles. The van der Waals surface area contributed by atoms with Crippen molar-refractivity contribution in [1.29, 1.82) is 0 Å². The third-order valence-corrected chi connectivity index (χ3v) is 4.40. The number of rotatable bonds is 7. The van der Waals surface area contributed by atoms with Crippen LogP contribution in [-0.4, -0.2) is 31.4 Å². The third kappa shape index (κ3) is 6.53. The number of carbonyl (C=O) groups excluding carboxylic acids is 3. The lowest BCUT2D eigenvalue weighted by Crippen LogP contribution is -2.39. The van der Waals surface area contributed by atoms with Crippen LogP contribution < -0.4 is 10.6 Å². The maximum Gasteiger partial charge on any atom is 0.307 e. The summed E-state index contributed by atoms with van der Waals surface area (Å²) in [5.74, 6) is -1.18. The summed E-state index contributed by atoms with van der Waals surface area (Å²) in [6, 6.07) is 13.8. The SMILES string of the molecule is COC(=O)CC(NC(=O)CNC(=O)c1cccc(Br)c1)c1ccc(C)cc1. The first-order valence-electron chi connectivity index (χ1n) is 8.35. The van der Waals surface area contributed by atoms with Crippen LogP contribution >= 0.6 is 15.9 Å². The zero-order valence-corrected chi connectivity index (χ0v) is 16.7. The summed E-state index contributed by atoms with van der Waals surface area (Å²) in [5.41, 5.74) is 2.31. The molecule has 0 radical (unpaired) electrons. The largest absolute Gasteiger partial charge is 0.469 e. The van der Waals surface area contributed by atoms with Crippen LogP contribution in [0.5, 0.6) is 0 Å². The highest BCUT2D eigenvalue weighted by atomic mass is 79.9. The first-order valence-corrected chi connectivity index (χ1v) is 9.15. The first kappa shape index (κ1) is 20.6. The number of benzene rings is 2. The van der Waals surface area contributed by atoms with Gasteiger partial charge in [-0.3, -0.25) is 14.4 Å². The van der Waals surface area contributed by atoms with E-state index in [0.29, 0.717) is 5.56 Å². The van der Waals surface area contributed by atoms with Crippen molar-refractivity contribution in [3.05, 3.63) is 69.7 Å². The molecule has 27 heavy (non-hydrogen) atoms. The number of carbonyl (C=O) groups is 3. The number of amides is 2. The molecule has 6 nitrogen and oxygen atoms in total. The summed E-state index contributed by atoms with van der Waals surface area (Å²) in [6.07, 6.45) is 0.00484. The fourth-order valence-electron chi connectivity index (χ4n) is 2.44. The standard InChI is InChI=1S/C20H21BrN2O4/c1-13-6-8-14(9-7-13)17(11-19(25)27-2)23-18(24)12-22-20(26)15-4-3-5-16(21)10-15/h3-10,17H,11-12H2,1-2H3,(H,22,26)(H,23,24). The molecule has 2 N–H and O–H groups in total. The van der Waals surface area contributed by atoms with Gasteiger partial charge in [0.15, 0.2) is 0 Å². The Kier molecular flexibility index (Phi) is 7.55. The van der Waals surface area contributed by atoms with E-state index in [1.54, 1.807) is 18.2 Å². The number of ether oxygens (including phenoxy) is 1. The Labute approximate surface area is 166 Å². The molecule has 0 aliphatic carbocycles. The predicted molar refractivity (Wildman–Crippen MR) is 105 cm³/mol. The molecule has 0 aliphatic rings. The van der Waals surface area contributed by atoms with E-state index >= 15 is 0 Å². The lowest BCUT2D eigenvalue weighted by atomic mass is 10.0. The van der Waals surface area contributed by atoms with Crippen LogP contribution in [0, 0.1) is 6.92 Å². The average molecular weight is 433 g/mol. The van der Waals surface area contributed by atoms with Gasteiger partial charge < -0.3 is 15.4 Å². The number of esters is 1. The minimum absolute atomic E-state index is 0.00484. The van der Waals surface area contributed by atoms with Crippen LogP contribution in [0.2, 0.25) is 0 Å². The lowest BCUT2D eigenvalue weighted by molar-refractivity contribution is -0.141. The molecule has 1 unspecified atom stereocenters. The Hall–Kier alpha value is -2.67. The van der Waals surface area contributed by atoms with Crippen molar-refractivity contribution in [1.82, 2.24) is 10.6 Å². The van der Waals surface area contributed by atoms with Crippen molar-refractivity contribution < 1.29 is 19.1 Å². The predicted octanol–water partition coefficient (Wildman–Crippen LogP) is 2.91. The van der Waals surface area contributed by atoms with Gasteiger partial charge in [0.2, 0.25) is 5.91 Å². The number of nitrogens with one attached hydrogen (secondary N) is 2. The molecule has 2 aromatic rings. The Morgan fingerprint density at radius 2 is 1.81 bits per heavy atom. The molecule has 0 saturated carbocycles. The van der Waals surface area contributed by atoms with E-state index in [2.05, 4.69) is 26.6 Å². The summed E-state index contributed by atoms with van der Waals surface area (Å²) < 4.78 is 5.49. The molecule has 2 rings (SSSR count). The third-order valence-electron chi connectivity index (χ3n) is 3.91. The van der Waals surface area contributed by atoms with Gasteiger partial charge in [0, 0.05) is 10.0 Å². The maximum absolute atomic E-state index is 12.3. The van der Waals surface area contributed by atoms with E-state index in [1.807, 2.05) is 37.3 Å². The van der Waals surface area contributed by atoms with Gasteiger partial charge in [-0.15, -0.1) is 0 Å². The highest BCUT2D eigenvalue weighted by Crippen LogP contribution is 2.18. The summed E-state index contributed by atoms with van der Waals surface area (Å²) in [5, 5.41) is 5.34.